The fourth-order valence-corrected chi connectivity index (χ4v) is 4.12. The molecular weight excluding hydrogens is 304 g/mol. The number of carboxylic acids is 1. The van der Waals surface area contributed by atoms with Crippen molar-refractivity contribution in [2.75, 3.05) is 0 Å². The van der Waals surface area contributed by atoms with Crippen LogP contribution in [-0.4, -0.2) is 11.1 Å². The molecule has 1 aromatic heterocycles. The third-order valence-corrected chi connectivity index (χ3v) is 5.66. The Labute approximate surface area is 139 Å². The topological polar surface area (TPSA) is 37.3 Å². The molecular formula is C20H19O2S+. The molecule has 2 nitrogen and oxygen atoms in total. The van der Waals surface area contributed by atoms with Gasteiger partial charge in [-0.1, -0.05) is 38.1 Å². The van der Waals surface area contributed by atoms with Crippen molar-refractivity contribution < 1.29 is 9.90 Å². The first-order chi connectivity index (χ1) is 11.0. The zero-order valence-corrected chi connectivity index (χ0v) is 14.0. The van der Waals surface area contributed by atoms with Crippen LogP contribution in [0.1, 0.15) is 35.7 Å². The van der Waals surface area contributed by atoms with E-state index in [-0.39, 0.29) is 10.5 Å². The average Bonchev–Trinajstić information content (AvgIpc) is 3.05. The lowest BCUT2D eigenvalue weighted by Crippen LogP contribution is -1.95. The Hall–Kier alpha value is -2.39. The van der Waals surface area contributed by atoms with Crippen molar-refractivity contribution in [3.8, 4) is 16.0 Å². The lowest BCUT2D eigenvalue weighted by Gasteiger charge is -2.03. The summed E-state index contributed by atoms with van der Waals surface area (Å²) in [4.78, 5) is 12.4. The van der Waals surface area contributed by atoms with Crippen molar-refractivity contribution in [2.24, 2.45) is 0 Å². The Kier molecular flexibility index (Phi) is 4.30. The van der Waals surface area contributed by atoms with Crippen LogP contribution in [0.15, 0.2) is 65.4 Å². The molecule has 0 spiro atoms. The normalized spacial score (nSPS) is 11.7. The standard InChI is InChI=1S/C20H18O2S/c1-14(2)15-6-8-19(9-7-15)23-11-10-18(13-23)16-4-3-5-17(12-16)20(21)22/h3-14H,1-2H3/p+1. The molecule has 116 valence electrons. The van der Waals surface area contributed by atoms with Crippen molar-refractivity contribution in [3.63, 3.8) is 0 Å². The van der Waals surface area contributed by atoms with Gasteiger partial charge in [-0.05, 0) is 41.3 Å². The number of thiophene rings is 1. The number of aromatic carboxylic acids is 1. The van der Waals surface area contributed by atoms with Crippen molar-refractivity contribution in [2.45, 2.75) is 19.8 Å². The van der Waals surface area contributed by atoms with Crippen LogP contribution in [0.25, 0.3) is 16.0 Å². The van der Waals surface area contributed by atoms with E-state index in [9.17, 15) is 4.79 Å². The van der Waals surface area contributed by atoms with Crippen molar-refractivity contribution >= 4 is 16.4 Å². The molecule has 0 aliphatic heterocycles. The highest BCUT2D eigenvalue weighted by Crippen LogP contribution is 2.36. The van der Waals surface area contributed by atoms with E-state index in [0.29, 0.717) is 11.5 Å². The van der Waals surface area contributed by atoms with E-state index >= 15 is 0 Å². The van der Waals surface area contributed by atoms with E-state index in [4.69, 9.17) is 5.11 Å². The molecule has 0 saturated heterocycles. The number of carbonyl (C=O) groups is 1. The highest BCUT2D eigenvalue weighted by molar-refractivity contribution is 7.37. The monoisotopic (exact) mass is 323 g/mol. The molecule has 0 aliphatic rings. The van der Waals surface area contributed by atoms with Crippen molar-refractivity contribution in [3.05, 3.63) is 76.5 Å². The molecule has 3 rings (SSSR count). The van der Waals surface area contributed by atoms with Gasteiger partial charge >= 0.3 is 5.97 Å². The molecule has 0 saturated carbocycles. The zero-order valence-electron chi connectivity index (χ0n) is 13.2. The van der Waals surface area contributed by atoms with Crippen molar-refractivity contribution in [1.29, 1.82) is 0 Å². The Morgan fingerprint density at radius 3 is 2.39 bits per heavy atom. The van der Waals surface area contributed by atoms with Crippen LogP contribution in [0.2, 0.25) is 0 Å². The summed E-state index contributed by atoms with van der Waals surface area (Å²) in [5.41, 5.74) is 3.71. The summed E-state index contributed by atoms with van der Waals surface area (Å²) in [6, 6.07) is 17.9. The van der Waals surface area contributed by atoms with E-state index < -0.39 is 5.97 Å². The van der Waals surface area contributed by atoms with E-state index in [2.05, 4.69) is 54.9 Å². The molecule has 1 heterocycles. The molecule has 0 bridgehead atoms. The summed E-state index contributed by atoms with van der Waals surface area (Å²) in [6.45, 7) is 4.39. The first-order valence-electron chi connectivity index (χ1n) is 7.60. The van der Waals surface area contributed by atoms with Crippen LogP contribution in [-0.2, 0) is 0 Å². The van der Waals surface area contributed by atoms with E-state index in [1.807, 2.05) is 6.07 Å². The summed E-state index contributed by atoms with van der Waals surface area (Å²) in [6.07, 6.45) is 0. The highest BCUT2D eigenvalue weighted by Gasteiger charge is 2.14. The third kappa shape index (κ3) is 3.35. The number of rotatable bonds is 4. The molecule has 0 aliphatic carbocycles. The zero-order chi connectivity index (χ0) is 16.4. The second-order valence-corrected chi connectivity index (χ2v) is 7.58. The van der Waals surface area contributed by atoms with Gasteiger partial charge in [0.25, 0.3) is 0 Å². The number of hydrogen-bond acceptors (Lipinski definition) is 1. The molecule has 3 aromatic rings. The second-order valence-electron chi connectivity index (χ2n) is 5.86. The van der Waals surface area contributed by atoms with Gasteiger partial charge in [0.15, 0.2) is 10.3 Å². The Morgan fingerprint density at radius 1 is 1.00 bits per heavy atom. The smallest absolute Gasteiger partial charge is 0.335 e. The Morgan fingerprint density at radius 2 is 1.74 bits per heavy atom. The maximum Gasteiger partial charge on any atom is 0.335 e. The van der Waals surface area contributed by atoms with Crippen LogP contribution in [0.3, 0.4) is 0 Å². The predicted molar refractivity (Wildman–Crippen MR) is 96.7 cm³/mol. The second kappa shape index (κ2) is 6.39. The molecule has 0 amide bonds. The largest absolute Gasteiger partial charge is 0.478 e. The maximum absolute atomic E-state index is 11.1. The minimum atomic E-state index is -0.891. The summed E-state index contributed by atoms with van der Waals surface area (Å²) in [5.74, 6) is -0.353. The minimum Gasteiger partial charge on any atom is -0.478 e. The molecule has 1 unspecified atom stereocenters. The predicted octanol–water partition coefficient (Wildman–Crippen LogP) is 5.91. The third-order valence-electron chi connectivity index (χ3n) is 3.91. The van der Waals surface area contributed by atoms with Crippen LogP contribution in [0, 0.1) is 0 Å². The fraction of sp³-hybridized carbons (Fsp3) is 0.150. The minimum absolute atomic E-state index is 0.0501. The molecule has 2 aromatic carbocycles. The van der Waals surface area contributed by atoms with Crippen LogP contribution < -0.4 is 0 Å². The first kappa shape index (κ1) is 15.5. The first-order valence-corrected chi connectivity index (χ1v) is 8.95. The van der Waals surface area contributed by atoms with Gasteiger partial charge in [-0.2, -0.15) is 0 Å². The molecule has 0 fully saturated rings. The molecule has 1 atom stereocenters. The molecule has 1 N–H and O–H groups in total. The van der Waals surface area contributed by atoms with Crippen LogP contribution >= 0.6 is 10.5 Å². The van der Waals surface area contributed by atoms with Crippen LogP contribution in [0.5, 0.6) is 0 Å². The van der Waals surface area contributed by atoms with Gasteiger partial charge in [0.05, 0.1) is 5.56 Å². The average molecular weight is 323 g/mol. The van der Waals surface area contributed by atoms with Gasteiger partial charge in [-0.15, -0.1) is 0 Å². The number of hydrogen-bond donors (Lipinski definition) is 1. The van der Waals surface area contributed by atoms with Crippen molar-refractivity contribution in [1.82, 2.24) is 0 Å². The van der Waals surface area contributed by atoms with E-state index in [1.165, 1.54) is 10.5 Å². The lowest BCUT2D eigenvalue weighted by molar-refractivity contribution is 0.0697. The lowest BCUT2D eigenvalue weighted by atomic mass is 10.0. The summed E-state index contributed by atoms with van der Waals surface area (Å²) in [5, 5.41) is 13.5. The Bertz CT molecular complexity index is 829. The fourth-order valence-electron chi connectivity index (χ4n) is 2.51. The molecule has 23 heavy (non-hydrogen) atoms. The van der Waals surface area contributed by atoms with Gasteiger partial charge < -0.3 is 5.11 Å². The SMILES string of the molecule is CC(C)c1ccc(-[s+]2ccc(-c3cccc(C(=O)O)c3)c2)cc1. The molecule has 3 heteroatoms. The van der Waals surface area contributed by atoms with Gasteiger partial charge in [-0.3, -0.25) is 0 Å². The van der Waals surface area contributed by atoms with Gasteiger partial charge in [0.2, 0.25) is 0 Å². The number of benzene rings is 2. The maximum atomic E-state index is 11.1. The number of carboxylic acid groups (broad SMARTS) is 1. The molecule has 0 radical (unpaired) electrons. The van der Waals surface area contributed by atoms with Gasteiger partial charge in [0, 0.05) is 22.1 Å². The van der Waals surface area contributed by atoms with Gasteiger partial charge in [-0.25, -0.2) is 4.79 Å². The summed E-state index contributed by atoms with van der Waals surface area (Å²) >= 11 is 0. The van der Waals surface area contributed by atoms with Crippen LogP contribution in [0.4, 0.5) is 0 Å². The Balaban J connectivity index is 1.91. The van der Waals surface area contributed by atoms with Gasteiger partial charge in [0.1, 0.15) is 5.38 Å². The highest BCUT2D eigenvalue weighted by atomic mass is 32.2. The van der Waals surface area contributed by atoms with E-state index in [0.717, 1.165) is 11.1 Å². The van der Waals surface area contributed by atoms with E-state index in [1.54, 1.807) is 18.2 Å². The quantitative estimate of drug-likeness (QED) is 0.606. The summed E-state index contributed by atoms with van der Waals surface area (Å²) in [7, 11) is -0.0501. The summed E-state index contributed by atoms with van der Waals surface area (Å²) < 4.78 is 0.